The number of hydrogen-bond acceptors (Lipinski definition) is 9. The number of nitrogens with one attached hydrogen (secondary N) is 6. The summed E-state index contributed by atoms with van der Waals surface area (Å²) in [6.45, 7) is 9.99. The molecule has 52 heavy (non-hydrogen) atoms. The molecule has 0 aliphatic heterocycles. The van der Waals surface area contributed by atoms with Crippen LogP contribution in [0.15, 0.2) is 30.5 Å². The zero-order chi connectivity index (χ0) is 39.1. The Morgan fingerprint density at radius 3 is 1.83 bits per heavy atom. The number of amides is 5. The molecule has 6 atom stereocenters. The van der Waals surface area contributed by atoms with Crippen LogP contribution in [-0.4, -0.2) is 100 Å². The minimum absolute atomic E-state index is 0.00944. The highest BCUT2D eigenvalue weighted by atomic mass is 16.4. The predicted molar refractivity (Wildman–Crippen MR) is 196 cm³/mol. The number of fused-ring (bicyclic) bond motifs is 1. The van der Waals surface area contributed by atoms with Gasteiger partial charge in [0.1, 0.15) is 30.2 Å². The highest BCUT2D eigenvalue weighted by Crippen LogP contribution is 2.19. The van der Waals surface area contributed by atoms with Crippen LogP contribution in [0.3, 0.4) is 0 Å². The monoisotopic (exact) mass is 730 g/mol. The molecule has 1 aromatic carbocycles. The van der Waals surface area contributed by atoms with Crippen LogP contribution in [0.4, 0.5) is 0 Å². The van der Waals surface area contributed by atoms with Crippen molar-refractivity contribution in [3.05, 3.63) is 36.0 Å². The van der Waals surface area contributed by atoms with E-state index in [0.29, 0.717) is 19.4 Å². The van der Waals surface area contributed by atoms with Gasteiger partial charge >= 0.3 is 5.97 Å². The van der Waals surface area contributed by atoms with E-state index >= 15 is 0 Å². The zero-order valence-corrected chi connectivity index (χ0v) is 31.0. The lowest BCUT2D eigenvalue weighted by Crippen LogP contribution is -2.61. The number of carbonyl (C=O) groups excluding carboxylic acids is 5. The van der Waals surface area contributed by atoms with Crippen molar-refractivity contribution in [2.24, 2.45) is 29.2 Å². The first-order valence-electron chi connectivity index (χ1n) is 17.9. The molecule has 0 aliphatic rings. The van der Waals surface area contributed by atoms with Crippen LogP contribution in [0, 0.1) is 17.8 Å². The standard InChI is InChI=1S/C36H58N8O8/c1-19(2)15-27(36(51)52)41-34(49)29(20(3)4)44-35(50)30(21(5)6)43-32(47)26(13-9-10-14-37)40-33(48)28(18-45)42-31(46)24(38)16-22-17-39-25-12-8-7-11-23(22)25/h7-8,11-12,17,19-21,24,26-30,39,45H,9-10,13-16,18,37-38H2,1-6H3,(H,40,48)(H,41,49)(H,42,46)(H,43,47)(H,44,50)(H,51,52)/t24-,26-,27-,28-,29-,30-/m0/s1. The number of aliphatic hydroxyl groups is 1. The Balaban J connectivity index is 2.15. The summed E-state index contributed by atoms with van der Waals surface area (Å²) >= 11 is 0. The van der Waals surface area contributed by atoms with Crippen molar-refractivity contribution in [1.82, 2.24) is 31.6 Å². The summed E-state index contributed by atoms with van der Waals surface area (Å²) in [5.41, 5.74) is 13.5. The minimum atomic E-state index is -1.42. The number of benzene rings is 1. The molecule has 0 fully saturated rings. The van der Waals surface area contributed by atoms with E-state index in [0.717, 1.165) is 16.5 Å². The number of aromatic nitrogens is 1. The highest BCUT2D eigenvalue weighted by Gasteiger charge is 2.35. The number of aliphatic hydroxyl groups excluding tert-OH is 1. The molecule has 0 bridgehead atoms. The molecule has 1 heterocycles. The largest absolute Gasteiger partial charge is 0.480 e. The van der Waals surface area contributed by atoms with Gasteiger partial charge in [0, 0.05) is 17.1 Å². The Labute approximate surface area is 305 Å². The maximum Gasteiger partial charge on any atom is 0.326 e. The van der Waals surface area contributed by atoms with Crippen molar-refractivity contribution >= 4 is 46.4 Å². The third kappa shape index (κ3) is 13.2. The molecule has 0 aliphatic carbocycles. The van der Waals surface area contributed by atoms with Crippen LogP contribution >= 0.6 is 0 Å². The summed E-state index contributed by atoms with van der Waals surface area (Å²) < 4.78 is 0. The number of carboxylic acid groups (broad SMARTS) is 1. The van der Waals surface area contributed by atoms with Crippen molar-refractivity contribution in [3.63, 3.8) is 0 Å². The van der Waals surface area contributed by atoms with Gasteiger partial charge in [0.05, 0.1) is 12.6 Å². The zero-order valence-electron chi connectivity index (χ0n) is 31.0. The van der Waals surface area contributed by atoms with E-state index in [4.69, 9.17) is 11.5 Å². The Hall–Kier alpha value is -4.54. The van der Waals surface area contributed by atoms with Crippen LogP contribution in [0.25, 0.3) is 10.9 Å². The summed E-state index contributed by atoms with van der Waals surface area (Å²) in [6, 6.07) is 0.491. The van der Waals surface area contributed by atoms with E-state index in [1.165, 1.54) is 0 Å². The lowest BCUT2D eigenvalue weighted by atomic mass is 9.98. The third-order valence-corrected chi connectivity index (χ3v) is 8.66. The molecule has 0 unspecified atom stereocenters. The average molecular weight is 731 g/mol. The second-order valence-corrected chi connectivity index (χ2v) is 14.2. The van der Waals surface area contributed by atoms with Crippen LogP contribution in [0.2, 0.25) is 0 Å². The van der Waals surface area contributed by atoms with Crippen molar-refractivity contribution in [3.8, 4) is 0 Å². The molecule has 0 saturated carbocycles. The fourth-order valence-corrected chi connectivity index (χ4v) is 5.66. The summed E-state index contributed by atoms with van der Waals surface area (Å²) in [5, 5.41) is 33.4. The molecule has 16 heteroatoms. The molecular weight excluding hydrogens is 672 g/mol. The minimum Gasteiger partial charge on any atom is -0.480 e. The predicted octanol–water partition coefficient (Wildman–Crippen LogP) is 0.0257. The van der Waals surface area contributed by atoms with E-state index in [-0.39, 0.29) is 25.2 Å². The lowest BCUT2D eigenvalue weighted by molar-refractivity contribution is -0.143. The molecule has 0 saturated heterocycles. The average Bonchev–Trinajstić information content (AvgIpc) is 3.49. The summed E-state index contributed by atoms with van der Waals surface area (Å²) in [6.07, 6.45) is 3.22. The van der Waals surface area contributed by atoms with Gasteiger partial charge in [0.15, 0.2) is 0 Å². The summed E-state index contributed by atoms with van der Waals surface area (Å²) in [5.74, 6) is -5.65. The quantitative estimate of drug-likeness (QED) is 0.0726. The van der Waals surface area contributed by atoms with Crippen LogP contribution < -0.4 is 38.1 Å². The topological polar surface area (TPSA) is 271 Å². The van der Waals surface area contributed by atoms with Gasteiger partial charge in [0.25, 0.3) is 0 Å². The van der Waals surface area contributed by atoms with E-state index in [9.17, 15) is 39.0 Å². The molecule has 5 amide bonds. The molecule has 0 spiro atoms. The Kier molecular flexibility index (Phi) is 17.7. The third-order valence-electron chi connectivity index (χ3n) is 8.66. The normalized spacial score (nSPS) is 15.0. The van der Waals surface area contributed by atoms with Gasteiger partial charge in [-0.2, -0.15) is 0 Å². The van der Waals surface area contributed by atoms with Crippen LogP contribution in [0.1, 0.15) is 72.8 Å². The van der Waals surface area contributed by atoms with E-state index in [1.54, 1.807) is 33.9 Å². The number of aliphatic carboxylic acids is 1. The second kappa shape index (κ2) is 21.1. The molecule has 0 radical (unpaired) electrons. The van der Waals surface area contributed by atoms with Gasteiger partial charge in [0.2, 0.25) is 29.5 Å². The fraction of sp³-hybridized carbons (Fsp3) is 0.611. The SMILES string of the molecule is CC(C)C[C@H](NC(=O)[C@@H](NC(=O)[C@@H](NC(=O)[C@H](CCCCN)NC(=O)[C@H](CO)NC(=O)[C@@H](N)Cc1c[nH]c2ccccc12)C(C)C)C(C)C)C(=O)O. The Bertz CT molecular complexity index is 1510. The van der Waals surface area contributed by atoms with Gasteiger partial charge in [-0.3, -0.25) is 24.0 Å². The van der Waals surface area contributed by atoms with Crippen LogP contribution in [-0.2, 0) is 35.2 Å². The fourth-order valence-electron chi connectivity index (χ4n) is 5.66. The maximum absolute atomic E-state index is 13.6. The molecule has 1 aromatic heterocycles. The van der Waals surface area contributed by atoms with E-state index in [2.05, 4.69) is 31.6 Å². The second-order valence-electron chi connectivity index (χ2n) is 14.2. The van der Waals surface area contributed by atoms with Gasteiger partial charge < -0.3 is 53.2 Å². The number of nitrogens with two attached hydrogens (primary N) is 2. The van der Waals surface area contributed by atoms with Gasteiger partial charge in [-0.25, -0.2) is 4.79 Å². The lowest BCUT2D eigenvalue weighted by Gasteiger charge is -2.29. The Morgan fingerprint density at radius 1 is 0.731 bits per heavy atom. The number of H-pyrrole nitrogens is 1. The van der Waals surface area contributed by atoms with Gasteiger partial charge in [-0.15, -0.1) is 0 Å². The number of para-hydroxylation sites is 1. The van der Waals surface area contributed by atoms with E-state index in [1.807, 2.05) is 38.1 Å². The molecule has 2 aromatic rings. The molecule has 2 rings (SSSR count). The van der Waals surface area contributed by atoms with Crippen molar-refractivity contribution in [2.75, 3.05) is 13.2 Å². The van der Waals surface area contributed by atoms with Crippen LogP contribution in [0.5, 0.6) is 0 Å². The number of rotatable bonds is 22. The smallest absolute Gasteiger partial charge is 0.326 e. The van der Waals surface area contributed by atoms with Crippen molar-refractivity contribution in [1.29, 1.82) is 0 Å². The van der Waals surface area contributed by atoms with Gasteiger partial charge in [-0.1, -0.05) is 59.7 Å². The summed E-state index contributed by atoms with van der Waals surface area (Å²) in [7, 11) is 0. The summed E-state index contributed by atoms with van der Waals surface area (Å²) in [4.78, 5) is 81.5. The first-order valence-corrected chi connectivity index (χ1v) is 17.9. The Morgan fingerprint density at radius 2 is 1.27 bits per heavy atom. The van der Waals surface area contributed by atoms with Crippen molar-refractivity contribution < 1.29 is 39.0 Å². The van der Waals surface area contributed by atoms with Crippen molar-refractivity contribution in [2.45, 2.75) is 110 Å². The number of hydrogen-bond donors (Lipinski definition) is 10. The molecular formula is C36H58N8O8. The number of aromatic amines is 1. The number of carbonyl (C=O) groups is 6. The molecule has 16 nitrogen and oxygen atoms in total. The first-order chi connectivity index (χ1) is 24.5. The van der Waals surface area contributed by atoms with Gasteiger partial charge in [-0.05, 0) is 68.0 Å². The highest BCUT2D eigenvalue weighted by molar-refractivity contribution is 5.96. The number of unbranched alkanes of at least 4 members (excludes halogenated alkanes) is 1. The van der Waals surface area contributed by atoms with E-state index < -0.39 is 90.2 Å². The maximum atomic E-state index is 13.6. The number of carboxylic acids is 1. The molecule has 12 N–H and O–H groups in total. The molecule has 290 valence electrons. The first kappa shape index (κ1) is 43.6.